The Morgan fingerprint density at radius 2 is 2.06 bits per heavy atom. The number of nitrogens with zero attached hydrogens (tertiary/aromatic N) is 1. The fraction of sp³-hybridized carbons (Fsp3) is 0.0909. The van der Waals surface area contributed by atoms with E-state index < -0.39 is 5.24 Å². The molecule has 0 atom stereocenters. The molecule has 2 rings (SSSR count). The van der Waals surface area contributed by atoms with Gasteiger partial charge in [-0.25, -0.2) is 0 Å². The molecule has 0 unspecified atom stereocenters. The normalized spacial score (nSPS) is 10.1. The van der Waals surface area contributed by atoms with Crippen LogP contribution < -0.4 is 4.74 Å². The van der Waals surface area contributed by atoms with Gasteiger partial charge < -0.3 is 9.26 Å². The molecule has 1 aromatic carbocycles. The van der Waals surface area contributed by atoms with Gasteiger partial charge in [0.25, 0.3) is 5.24 Å². The average molecular weight is 238 g/mol. The second-order valence-corrected chi connectivity index (χ2v) is 3.42. The Kier molecular flexibility index (Phi) is 2.92. The fourth-order valence-corrected chi connectivity index (χ4v) is 1.35. The monoisotopic (exact) mass is 237 g/mol. The summed E-state index contributed by atoms with van der Waals surface area (Å²) in [5.74, 6) is 0.786. The molecule has 0 amide bonds. The van der Waals surface area contributed by atoms with Gasteiger partial charge in [0.1, 0.15) is 11.4 Å². The van der Waals surface area contributed by atoms with E-state index in [1.807, 2.05) is 12.1 Å². The van der Waals surface area contributed by atoms with Gasteiger partial charge in [0.2, 0.25) is 5.76 Å². The lowest BCUT2D eigenvalue weighted by Gasteiger charge is -1.99. The minimum atomic E-state index is -0.660. The van der Waals surface area contributed by atoms with Gasteiger partial charge in [-0.2, -0.15) is 0 Å². The van der Waals surface area contributed by atoms with Crippen molar-refractivity contribution >= 4 is 16.8 Å². The lowest BCUT2D eigenvalue weighted by atomic mass is 10.1. The number of hydrogen-bond acceptors (Lipinski definition) is 4. The molecule has 0 spiro atoms. The lowest BCUT2D eigenvalue weighted by Crippen LogP contribution is -1.83. The van der Waals surface area contributed by atoms with Gasteiger partial charge in [-0.3, -0.25) is 4.79 Å². The Morgan fingerprint density at radius 3 is 2.56 bits per heavy atom. The van der Waals surface area contributed by atoms with Crippen molar-refractivity contribution in [1.29, 1.82) is 0 Å². The minimum absolute atomic E-state index is 0.0347. The second-order valence-electron chi connectivity index (χ2n) is 3.08. The molecule has 0 aliphatic rings. The van der Waals surface area contributed by atoms with Crippen LogP contribution in [0, 0.1) is 0 Å². The number of benzene rings is 1. The number of ether oxygens (including phenoxy) is 1. The van der Waals surface area contributed by atoms with Crippen LogP contribution in [0.3, 0.4) is 0 Å². The van der Waals surface area contributed by atoms with Gasteiger partial charge in [-0.1, -0.05) is 5.16 Å². The van der Waals surface area contributed by atoms with E-state index in [2.05, 4.69) is 5.16 Å². The standard InChI is InChI=1S/C11H8ClNO3/c1-15-8-4-2-7(3-5-8)9-6-10(11(12)14)16-13-9/h2-6H,1H3. The number of halogens is 1. The van der Waals surface area contributed by atoms with Crippen molar-refractivity contribution in [3.63, 3.8) is 0 Å². The molecular formula is C11H8ClNO3. The van der Waals surface area contributed by atoms with Gasteiger partial charge in [-0.15, -0.1) is 0 Å². The number of rotatable bonds is 3. The van der Waals surface area contributed by atoms with Crippen molar-refractivity contribution < 1.29 is 14.1 Å². The van der Waals surface area contributed by atoms with Crippen molar-refractivity contribution in [2.24, 2.45) is 0 Å². The number of methoxy groups -OCH3 is 1. The third-order valence-electron chi connectivity index (χ3n) is 2.09. The van der Waals surface area contributed by atoms with Crippen LogP contribution in [-0.2, 0) is 0 Å². The van der Waals surface area contributed by atoms with Crippen molar-refractivity contribution in [3.05, 3.63) is 36.1 Å². The highest BCUT2D eigenvalue weighted by atomic mass is 35.5. The molecule has 0 bridgehead atoms. The van der Waals surface area contributed by atoms with Gasteiger partial charge in [0.15, 0.2) is 0 Å². The third-order valence-corrected chi connectivity index (χ3v) is 2.28. The Labute approximate surface area is 96.8 Å². The zero-order chi connectivity index (χ0) is 11.5. The van der Waals surface area contributed by atoms with Crippen LogP contribution in [-0.4, -0.2) is 17.5 Å². The summed E-state index contributed by atoms with van der Waals surface area (Å²) in [6.45, 7) is 0. The highest BCUT2D eigenvalue weighted by Gasteiger charge is 2.11. The van der Waals surface area contributed by atoms with E-state index in [4.69, 9.17) is 20.9 Å². The molecule has 5 heteroatoms. The molecule has 4 nitrogen and oxygen atoms in total. The van der Waals surface area contributed by atoms with Crippen molar-refractivity contribution in [3.8, 4) is 17.0 Å². The molecule has 0 aliphatic heterocycles. The predicted octanol–water partition coefficient (Wildman–Crippen LogP) is 2.73. The van der Waals surface area contributed by atoms with Crippen LogP contribution >= 0.6 is 11.6 Å². The van der Waals surface area contributed by atoms with Crippen LogP contribution in [0.4, 0.5) is 0 Å². The van der Waals surface area contributed by atoms with E-state index in [-0.39, 0.29) is 5.76 Å². The van der Waals surface area contributed by atoms with E-state index in [0.29, 0.717) is 5.69 Å². The van der Waals surface area contributed by atoms with E-state index in [0.717, 1.165) is 11.3 Å². The zero-order valence-electron chi connectivity index (χ0n) is 8.44. The number of carbonyl (C=O) groups excluding carboxylic acids is 1. The molecular weight excluding hydrogens is 230 g/mol. The smallest absolute Gasteiger partial charge is 0.290 e. The summed E-state index contributed by atoms with van der Waals surface area (Å²) in [6.07, 6.45) is 0. The first-order valence-electron chi connectivity index (χ1n) is 4.51. The van der Waals surface area contributed by atoms with Crippen LogP contribution in [0.15, 0.2) is 34.9 Å². The summed E-state index contributed by atoms with van der Waals surface area (Å²) in [5.41, 5.74) is 1.39. The summed E-state index contributed by atoms with van der Waals surface area (Å²) in [6, 6.07) is 8.73. The molecule has 0 aliphatic carbocycles. The van der Waals surface area contributed by atoms with Gasteiger partial charge in [0.05, 0.1) is 7.11 Å². The van der Waals surface area contributed by atoms with Gasteiger partial charge in [-0.05, 0) is 35.9 Å². The van der Waals surface area contributed by atoms with Crippen LogP contribution in [0.1, 0.15) is 10.6 Å². The van der Waals surface area contributed by atoms with Crippen LogP contribution in [0.2, 0.25) is 0 Å². The molecule has 0 saturated carbocycles. The highest BCUT2D eigenvalue weighted by molar-refractivity contribution is 6.67. The Hall–Kier alpha value is -1.81. The summed E-state index contributed by atoms with van der Waals surface area (Å²) in [5, 5.41) is 3.08. The first kappa shape index (κ1) is 10.7. The fourth-order valence-electron chi connectivity index (χ4n) is 1.27. The van der Waals surface area contributed by atoms with Crippen molar-refractivity contribution in [2.75, 3.05) is 7.11 Å². The minimum Gasteiger partial charge on any atom is -0.497 e. The van der Waals surface area contributed by atoms with Crippen LogP contribution in [0.25, 0.3) is 11.3 Å². The maximum atomic E-state index is 10.8. The zero-order valence-corrected chi connectivity index (χ0v) is 9.19. The third kappa shape index (κ3) is 2.06. The maximum absolute atomic E-state index is 10.8. The predicted molar refractivity (Wildman–Crippen MR) is 58.7 cm³/mol. The summed E-state index contributed by atoms with van der Waals surface area (Å²) >= 11 is 5.26. The van der Waals surface area contributed by atoms with Gasteiger partial charge in [0, 0.05) is 11.6 Å². The average Bonchev–Trinajstić information content (AvgIpc) is 2.78. The number of hydrogen-bond donors (Lipinski definition) is 0. The lowest BCUT2D eigenvalue weighted by molar-refractivity contribution is 0.104. The Bertz CT molecular complexity index is 504. The second kappa shape index (κ2) is 4.37. The molecule has 0 radical (unpaired) electrons. The van der Waals surface area contributed by atoms with Gasteiger partial charge >= 0.3 is 0 Å². The summed E-state index contributed by atoms with van der Waals surface area (Å²) in [4.78, 5) is 10.8. The van der Waals surface area contributed by atoms with E-state index in [1.165, 1.54) is 6.07 Å². The van der Waals surface area contributed by atoms with E-state index in [9.17, 15) is 4.79 Å². The first-order chi connectivity index (χ1) is 7.70. The Morgan fingerprint density at radius 1 is 1.38 bits per heavy atom. The molecule has 0 N–H and O–H groups in total. The highest BCUT2D eigenvalue weighted by Crippen LogP contribution is 2.22. The molecule has 1 aromatic heterocycles. The van der Waals surface area contributed by atoms with Crippen LogP contribution in [0.5, 0.6) is 5.75 Å². The summed E-state index contributed by atoms with van der Waals surface area (Å²) in [7, 11) is 1.59. The maximum Gasteiger partial charge on any atom is 0.290 e. The van der Waals surface area contributed by atoms with E-state index in [1.54, 1.807) is 19.2 Å². The number of carbonyl (C=O) groups is 1. The topological polar surface area (TPSA) is 52.3 Å². The molecule has 82 valence electrons. The summed E-state index contributed by atoms with van der Waals surface area (Å²) < 4.78 is 9.80. The molecule has 16 heavy (non-hydrogen) atoms. The Balaban J connectivity index is 2.31. The molecule has 1 heterocycles. The van der Waals surface area contributed by atoms with Crippen molar-refractivity contribution in [2.45, 2.75) is 0 Å². The molecule has 2 aromatic rings. The largest absolute Gasteiger partial charge is 0.497 e. The van der Waals surface area contributed by atoms with E-state index >= 15 is 0 Å². The quantitative estimate of drug-likeness (QED) is 0.771. The van der Waals surface area contributed by atoms with Crippen molar-refractivity contribution in [1.82, 2.24) is 5.16 Å². The first-order valence-corrected chi connectivity index (χ1v) is 4.89. The SMILES string of the molecule is COc1ccc(-c2cc(C(=O)Cl)on2)cc1. The molecule has 0 fully saturated rings. The molecule has 0 saturated heterocycles. The number of aromatic nitrogens is 1.